The van der Waals surface area contributed by atoms with Crippen LogP contribution in [0.5, 0.6) is 0 Å². The van der Waals surface area contributed by atoms with Crippen molar-refractivity contribution in [3.05, 3.63) is 89.5 Å². The molecule has 10 heteroatoms. The number of amides is 1. The highest BCUT2D eigenvalue weighted by atomic mass is 32.2. The van der Waals surface area contributed by atoms with Crippen molar-refractivity contribution in [2.45, 2.75) is 4.90 Å². The Kier molecular flexibility index (Phi) is 7.09. The topological polar surface area (TPSA) is 128 Å². The smallest absolute Gasteiger partial charge is 0.337 e. The van der Waals surface area contributed by atoms with Crippen LogP contribution >= 0.6 is 0 Å². The molecule has 0 aliphatic carbocycles. The molecule has 2 N–H and O–H groups in total. The minimum Gasteiger partial charge on any atom is -0.465 e. The van der Waals surface area contributed by atoms with E-state index in [0.29, 0.717) is 0 Å². The van der Waals surface area contributed by atoms with Gasteiger partial charge >= 0.3 is 11.9 Å². The molecular weight excluding hydrogens is 448 g/mol. The minimum absolute atomic E-state index is 0.0417. The Morgan fingerprint density at radius 1 is 0.697 bits per heavy atom. The third-order valence-corrected chi connectivity index (χ3v) is 5.86. The van der Waals surface area contributed by atoms with E-state index in [9.17, 15) is 22.8 Å². The van der Waals surface area contributed by atoms with Crippen molar-refractivity contribution in [1.82, 2.24) is 0 Å². The summed E-state index contributed by atoms with van der Waals surface area (Å²) < 4.78 is 36.9. The van der Waals surface area contributed by atoms with Gasteiger partial charge in [-0.2, -0.15) is 0 Å². The largest absolute Gasteiger partial charge is 0.465 e. The number of rotatable bonds is 7. The number of anilines is 2. The molecule has 3 rings (SSSR count). The van der Waals surface area contributed by atoms with E-state index >= 15 is 0 Å². The summed E-state index contributed by atoms with van der Waals surface area (Å²) in [5.74, 6) is -1.99. The van der Waals surface area contributed by atoms with Crippen LogP contribution in [-0.4, -0.2) is 40.5 Å². The van der Waals surface area contributed by atoms with Gasteiger partial charge < -0.3 is 14.8 Å². The number of esters is 2. The molecule has 0 unspecified atom stereocenters. The van der Waals surface area contributed by atoms with E-state index in [1.807, 2.05) is 0 Å². The quantitative estimate of drug-likeness (QED) is 0.509. The van der Waals surface area contributed by atoms with Gasteiger partial charge in [0.05, 0.1) is 30.2 Å². The second kappa shape index (κ2) is 9.96. The fraction of sp³-hybridized carbons (Fsp3) is 0.0870. The van der Waals surface area contributed by atoms with Crippen LogP contribution in [0, 0.1) is 0 Å². The van der Waals surface area contributed by atoms with Crippen LogP contribution in [-0.2, 0) is 19.5 Å². The molecule has 9 nitrogen and oxygen atoms in total. The first kappa shape index (κ1) is 23.5. The molecule has 0 saturated heterocycles. The maximum atomic E-state index is 12.8. The van der Waals surface area contributed by atoms with Gasteiger partial charge in [0.15, 0.2) is 0 Å². The highest BCUT2D eigenvalue weighted by Crippen LogP contribution is 2.20. The first-order valence-electron chi connectivity index (χ1n) is 9.54. The molecule has 0 atom stereocenters. The predicted octanol–water partition coefficient (Wildman–Crippen LogP) is 3.31. The molecule has 0 aromatic heterocycles. The molecule has 3 aromatic carbocycles. The van der Waals surface area contributed by atoms with Gasteiger partial charge in [0.25, 0.3) is 15.9 Å². The van der Waals surface area contributed by atoms with Crippen molar-refractivity contribution in [1.29, 1.82) is 0 Å². The number of hydrogen-bond acceptors (Lipinski definition) is 7. The number of ether oxygens (including phenoxy) is 2. The highest BCUT2D eigenvalue weighted by Gasteiger charge is 2.17. The monoisotopic (exact) mass is 468 g/mol. The normalized spacial score (nSPS) is 10.7. The van der Waals surface area contributed by atoms with E-state index in [2.05, 4.69) is 19.5 Å². The lowest BCUT2D eigenvalue weighted by Crippen LogP contribution is -2.16. The van der Waals surface area contributed by atoms with Crippen LogP contribution in [0.25, 0.3) is 0 Å². The summed E-state index contributed by atoms with van der Waals surface area (Å²) in [5, 5.41) is 2.59. The third-order valence-electron chi connectivity index (χ3n) is 4.46. The van der Waals surface area contributed by atoms with Gasteiger partial charge in [-0.3, -0.25) is 9.52 Å². The van der Waals surface area contributed by atoms with Gasteiger partial charge in [-0.15, -0.1) is 0 Å². The molecule has 170 valence electrons. The summed E-state index contributed by atoms with van der Waals surface area (Å²) >= 11 is 0. The molecule has 0 fully saturated rings. The van der Waals surface area contributed by atoms with Gasteiger partial charge in [0.1, 0.15) is 0 Å². The molecule has 0 saturated carbocycles. The fourth-order valence-electron chi connectivity index (χ4n) is 2.91. The van der Waals surface area contributed by atoms with Crippen molar-refractivity contribution in [3.63, 3.8) is 0 Å². The lowest BCUT2D eigenvalue weighted by molar-refractivity contribution is 0.0598. The Labute approximate surface area is 190 Å². The van der Waals surface area contributed by atoms with Crippen molar-refractivity contribution in [2.75, 3.05) is 24.3 Å². The summed E-state index contributed by atoms with van der Waals surface area (Å²) in [6.07, 6.45) is 0. The van der Waals surface area contributed by atoms with Crippen molar-refractivity contribution in [2.24, 2.45) is 0 Å². The molecule has 0 aliphatic heterocycles. The van der Waals surface area contributed by atoms with E-state index in [0.717, 1.165) is 0 Å². The second-order valence-corrected chi connectivity index (χ2v) is 8.42. The zero-order valence-electron chi connectivity index (χ0n) is 17.7. The van der Waals surface area contributed by atoms with Crippen LogP contribution in [0.1, 0.15) is 31.1 Å². The molecule has 3 aromatic rings. The third kappa shape index (κ3) is 5.74. The molecule has 0 radical (unpaired) electrons. The number of hydrogen-bond donors (Lipinski definition) is 2. The Bertz CT molecular complexity index is 1270. The van der Waals surface area contributed by atoms with Gasteiger partial charge in [-0.05, 0) is 48.5 Å². The lowest BCUT2D eigenvalue weighted by Gasteiger charge is -2.11. The summed E-state index contributed by atoms with van der Waals surface area (Å²) in [6.45, 7) is 0. The number of sulfonamides is 1. The number of benzene rings is 3. The Hall–Kier alpha value is -4.18. The predicted molar refractivity (Wildman–Crippen MR) is 121 cm³/mol. The summed E-state index contributed by atoms with van der Waals surface area (Å²) in [7, 11) is -1.46. The van der Waals surface area contributed by atoms with E-state index in [-0.39, 0.29) is 33.0 Å². The van der Waals surface area contributed by atoms with Gasteiger partial charge in [0, 0.05) is 16.9 Å². The summed E-state index contributed by atoms with van der Waals surface area (Å²) in [4.78, 5) is 36.7. The zero-order valence-corrected chi connectivity index (χ0v) is 18.5. The average Bonchev–Trinajstić information content (AvgIpc) is 2.83. The molecule has 0 spiro atoms. The maximum absolute atomic E-state index is 12.8. The van der Waals surface area contributed by atoms with E-state index in [1.54, 1.807) is 18.2 Å². The van der Waals surface area contributed by atoms with Crippen LogP contribution < -0.4 is 10.0 Å². The molecule has 0 aliphatic rings. The molecular formula is C23H20N2O7S. The minimum atomic E-state index is -3.84. The van der Waals surface area contributed by atoms with E-state index < -0.39 is 27.9 Å². The number of carbonyl (C=O) groups is 3. The van der Waals surface area contributed by atoms with Gasteiger partial charge in [-0.25, -0.2) is 18.0 Å². The second-order valence-electron chi connectivity index (χ2n) is 6.74. The molecule has 0 heterocycles. The van der Waals surface area contributed by atoms with Crippen molar-refractivity contribution < 1.29 is 32.3 Å². The van der Waals surface area contributed by atoms with E-state index in [4.69, 9.17) is 0 Å². The van der Waals surface area contributed by atoms with Crippen LogP contribution in [0.3, 0.4) is 0 Å². The Balaban J connectivity index is 1.85. The SMILES string of the molecule is COC(=O)c1cc(NC(=O)c2cccc(NS(=O)(=O)c3ccccc3)c2)cc(C(=O)OC)c1. The zero-order chi connectivity index (χ0) is 24.0. The summed E-state index contributed by atoms with van der Waals surface area (Å²) in [5.41, 5.74) is 0.565. The lowest BCUT2D eigenvalue weighted by atomic mass is 10.1. The van der Waals surface area contributed by atoms with Gasteiger partial charge in [0.2, 0.25) is 0 Å². The number of methoxy groups -OCH3 is 2. The molecule has 33 heavy (non-hydrogen) atoms. The number of carbonyl (C=O) groups excluding carboxylic acids is 3. The molecule has 1 amide bonds. The Morgan fingerprint density at radius 3 is 1.85 bits per heavy atom. The first-order valence-corrected chi connectivity index (χ1v) is 11.0. The van der Waals surface area contributed by atoms with Crippen LogP contribution in [0.15, 0.2) is 77.7 Å². The standard InChI is InChI=1S/C23H20N2O7S/c1-31-22(27)16-11-17(23(28)32-2)14-19(13-16)24-21(26)15-7-6-8-18(12-15)25-33(29,30)20-9-4-3-5-10-20/h3-14,25H,1-2H3,(H,24,26). The first-order chi connectivity index (χ1) is 15.7. The van der Waals surface area contributed by atoms with Crippen LogP contribution in [0.2, 0.25) is 0 Å². The average molecular weight is 468 g/mol. The summed E-state index contributed by atoms with van der Waals surface area (Å²) in [6, 6.07) is 17.6. The number of nitrogens with one attached hydrogen (secondary N) is 2. The fourth-order valence-corrected chi connectivity index (χ4v) is 3.98. The Morgan fingerprint density at radius 2 is 1.27 bits per heavy atom. The van der Waals surface area contributed by atoms with Gasteiger partial charge in [-0.1, -0.05) is 24.3 Å². The molecule has 0 bridgehead atoms. The van der Waals surface area contributed by atoms with Crippen molar-refractivity contribution in [3.8, 4) is 0 Å². The van der Waals surface area contributed by atoms with Crippen LogP contribution in [0.4, 0.5) is 11.4 Å². The van der Waals surface area contributed by atoms with E-state index in [1.165, 1.54) is 68.8 Å². The highest BCUT2D eigenvalue weighted by molar-refractivity contribution is 7.92. The maximum Gasteiger partial charge on any atom is 0.337 e. The van der Waals surface area contributed by atoms with Crippen molar-refractivity contribution >= 4 is 39.2 Å².